The van der Waals surface area contributed by atoms with E-state index in [1.54, 1.807) is 0 Å². The molecule has 1 saturated heterocycles. The molecule has 0 unspecified atom stereocenters. The molecule has 1 aromatic heterocycles. The van der Waals surface area contributed by atoms with Gasteiger partial charge in [-0.1, -0.05) is 13.3 Å². The van der Waals surface area contributed by atoms with Crippen LogP contribution in [0, 0.1) is 16.0 Å². The summed E-state index contributed by atoms with van der Waals surface area (Å²) in [5.74, 6) is -0.373. The smallest absolute Gasteiger partial charge is 0.354 e. The number of piperidine rings is 1. The van der Waals surface area contributed by atoms with Gasteiger partial charge in [0, 0.05) is 19.2 Å². The van der Waals surface area contributed by atoms with Crippen LogP contribution in [0.5, 0.6) is 0 Å². The molecule has 1 N–H and O–H groups in total. The van der Waals surface area contributed by atoms with Gasteiger partial charge in [0.1, 0.15) is 0 Å². The van der Waals surface area contributed by atoms with Gasteiger partial charge in [0.15, 0.2) is 5.69 Å². The summed E-state index contributed by atoms with van der Waals surface area (Å²) in [6.45, 7) is 3.48. The number of nitro groups is 1. The average Bonchev–Trinajstić information content (AvgIpc) is 2.46. The minimum Gasteiger partial charge on any atom is -0.477 e. The fourth-order valence-corrected chi connectivity index (χ4v) is 2.49. The van der Waals surface area contributed by atoms with Crippen molar-refractivity contribution < 1.29 is 14.8 Å². The molecule has 0 saturated carbocycles. The molecule has 0 aromatic carbocycles. The molecular weight excluding hydrogens is 262 g/mol. The van der Waals surface area contributed by atoms with Gasteiger partial charge >= 0.3 is 11.7 Å². The third-order valence-electron chi connectivity index (χ3n) is 3.76. The second-order valence-electron chi connectivity index (χ2n) is 4.94. The van der Waals surface area contributed by atoms with Crippen LogP contribution in [-0.2, 0) is 0 Å². The highest BCUT2D eigenvalue weighted by Gasteiger charge is 2.26. The summed E-state index contributed by atoms with van der Waals surface area (Å²) >= 11 is 0. The summed E-state index contributed by atoms with van der Waals surface area (Å²) in [4.78, 5) is 27.3. The predicted molar refractivity (Wildman–Crippen MR) is 73.1 cm³/mol. The number of rotatable bonds is 4. The minimum absolute atomic E-state index is 0.134. The molecule has 20 heavy (non-hydrogen) atoms. The highest BCUT2D eigenvalue weighted by molar-refractivity contribution is 5.86. The molecule has 108 valence electrons. The van der Waals surface area contributed by atoms with Crippen molar-refractivity contribution in [3.63, 3.8) is 0 Å². The van der Waals surface area contributed by atoms with Gasteiger partial charge in [-0.2, -0.15) is 0 Å². The van der Waals surface area contributed by atoms with Crippen molar-refractivity contribution in [3.05, 3.63) is 27.9 Å². The maximum atomic E-state index is 11.1. The fraction of sp³-hybridized carbons (Fsp3) is 0.538. The van der Waals surface area contributed by atoms with Gasteiger partial charge in [-0.3, -0.25) is 10.1 Å². The van der Waals surface area contributed by atoms with E-state index in [0.717, 1.165) is 19.3 Å². The SMILES string of the molecule is CCC1CCN(c2nc(C(=O)O)ccc2[N+](=O)[O-])CC1. The number of nitrogens with zero attached hydrogens (tertiary/aromatic N) is 3. The molecule has 1 aliphatic rings. The van der Waals surface area contributed by atoms with Gasteiger partial charge in [0.2, 0.25) is 5.82 Å². The molecule has 0 amide bonds. The van der Waals surface area contributed by atoms with E-state index in [1.165, 1.54) is 12.1 Å². The van der Waals surface area contributed by atoms with Crippen molar-refractivity contribution in [2.75, 3.05) is 18.0 Å². The second-order valence-corrected chi connectivity index (χ2v) is 4.94. The Morgan fingerprint density at radius 2 is 2.15 bits per heavy atom. The van der Waals surface area contributed by atoms with E-state index in [1.807, 2.05) is 4.90 Å². The van der Waals surface area contributed by atoms with E-state index < -0.39 is 10.9 Å². The van der Waals surface area contributed by atoms with Gasteiger partial charge in [-0.15, -0.1) is 0 Å². The molecule has 0 bridgehead atoms. The van der Waals surface area contributed by atoms with Crippen LogP contribution in [0.4, 0.5) is 11.5 Å². The molecule has 0 radical (unpaired) electrons. The first kappa shape index (κ1) is 14.2. The number of hydrogen-bond acceptors (Lipinski definition) is 5. The Bertz CT molecular complexity index is 524. The standard InChI is InChI=1S/C13H17N3O4/c1-2-9-5-7-15(8-6-9)12-11(16(19)20)4-3-10(14-12)13(17)18/h3-4,9H,2,5-8H2,1H3,(H,17,18). The highest BCUT2D eigenvalue weighted by Crippen LogP contribution is 2.30. The van der Waals surface area contributed by atoms with E-state index in [2.05, 4.69) is 11.9 Å². The lowest BCUT2D eigenvalue weighted by Crippen LogP contribution is -2.34. The number of carboxylic acid groups (broad SMARTS) is 1. The quantitative estimate of drug-likeness (QED) is 0.671. The van der Waals surface area contributed by atoms with Crippen molar-refractivity contribution in [1.29, 1.82) is 0 Å². The molecule has 7 heteroatoms. The maximum Gasteiger partial charge on any atom is 0.354 e. The Morgan fingerprint density at radius 1 is 1.50 bits per heavy atom. The Labute approximate surface area is 116 Å². The molecular formula is C13H17N3O4. The van der Waals surface area contributed by atoms with Gasteiger partial charge in [0.25, 0.3) is 0 Å². The Hall–Kier alpha value is -2.18. The third-order valence-corrected chi connectivity index (χ3v) is 3.76. The number of aromatic nitrogens is 1. The van der Waals surface area contributed by atoms with Crippen molar-refractivity contribution in [2.45, 2.75) is 26.2 Å². The van der Waals surface area contributed by atoms with E-state index in [0.29, 0.717) is 19.0 Å². The van der Waals surface area contributed by atoms with E-state index in [9.17, 15) is 14.9 Å². The molecule has 0 spiro atoms. The Kier molecular flexibility index (Phi) is 4.16. The lowest BCUT2D eigenvalue weighted by atomic mass is 9.94. The van der Waals surface area contributed by atoms with Crippen LogP contribution in [0.15, 0.2) is 12.1 Å². The lowest BCUT2D eigenvalue weighted by Gasteiger charge is -2.32. The molecule has 0 aliphatic carbocycles. The van der Waals surface area contributed by atoms with Gasteiger partial charge < -0.3 is 10.0 Å². The molecule has 0 atom stereocenters. The van der Waals surface area contributed by atoms with Crippen LogP contribution < -0.4 is 4.90 Å². The average molecular weight is 279 g/mol. The zero-order valence-corrected chi connectivity index (χ0v) is 11.3. The molecule has 1 fully saturated rings. The number of anilines is 1. The van der Waals surface area contributed by atoms with Gasteiger partial charge in [0.05, 0.1) is 4.92 Å². The van der Waals surface area contributed by atoms with Crippen molar-refractivity contribution in [1.82, 2.24) is 4.98 Å². The minimum atomic E-state index is -1.18. The topological polar surface area (TPSA) is 96.6 Å². The van der Waals surface area contributed by atoms with E-state index in [-0.39, 0.29) is 17.2 Å². The van der Waals surface area contributed by atoms with Crippen LogP contribution in [0.3, 0.4) is 0 Å². The first-order valence-electron chi connectivity index (χ1n) is 6.66. The molecule has 2 heterocycles. The molecule has 2 rings (SSSR count). The van der Waals surface area contributed by atoms with Crippen molar-refractivity contribution >= 4 is 17.5 Å². The lowest BCUT2D eigenvalue weighted by molar-refractivity contribution is -0.384. The Balaban J connectivity index is 2.31. The van der Waals surface area contributed by atoms with Crippen LogP contribution in [0.25, 0.3) is 0 Å². The third kappa shape index (κ3) is 2.87. The first-order chi connectivity index (χ1) is 9.52. The van der Waals surface area contributed by atoms with Gasteiger partial charge in [-0.05, 0) is 24.8 Å². The Morgan fingerprint density at radius 3 is 2.65 bits per heavy atom. The maximum absolute atomic E-state index is 11.1. The number of carbonyl (C=O) groups is 1. The molecule has 1 aliphatic heterocycles. The molecule has 7 nitrogen and oxygen atoms in total. The van der Waals surface area contributed by atoms with Crippen LogP contribution in [0.2, 0.25) is 0 Å². The van der Waals surface area contributed by atoms with Crippen LogP contribution in [0.1, 0.15) is 36.7 Å². The number of aromatic carboxylic acids is 1. The summed E-state index contributed by atoms with van der Waals surface area (Å²) in [5.41, 5.74) is -0.298. The summed E-state index contributed by atoms with van der Waals surface area (Å²) in [6, 6.07) is 2.39. The van der Waals surface area contributed by atoms with Crippen molar-refractivity contribution in [2.24, 2.45) is 5.92 Å². The van der Waals surface area contributed by atoms with Crippen LogP contribution in [-0.4, -0.2) is 34.1 Å². The zero-order valence-electron chi connectivity index (χ0n) is 11.3. The highest BCUT2D eigenvalue weighted by atomic mass is 16.6. The zero-order chi connectivity index (χ0) is 14.7. The van der Waals surface area contributed by atoms with E-state index >= 15 is 0 Å². The molecule has 1 aromatic rings. The van der Waals surface area contributed by atoms with Crippen molar-refractivity contribution in [3.8, 4) is 0 Å². The number of hydrogen-bond donors (Lipinski definition) is 1. The number of carboxylic acids is 1. The summed E-state index contributed by atoms with van der Waals surface area (Å²) in [5, 5.41) is 20.0. The van der Waals surface area contributed by atoms with Crippen LogP contribution >= 0.6 is 0 Å². The first-order valence-corrected chi connectivity index (χ1v) is 6.66. The summed E-state index contributed by atoms with van der Waals surface area (Å²) < 4.78 is 0. The predicted octanol–water partition coefficient (Wildman–Crippen LogP) is 2.31. The van der Waals surface area contributed by atoms with E-state index in [4.69, 9.17) is 5.11 Å². The summed E-state index contributed by atoms with van der Waals surface area (Å²) in [7, 11) is 0. The summed E-state index contributed by atoms with van der Waals surface area (Å²) in [6.07, 6.45) is 3.00. The monoisotopic (exact) mass is 279 g/mol. The second kappa shape index (κ2) is 5.85. The normalized spacial score (nSPS) is 16.1. The largest absolute Gasteiger partial charge is 0.477 e. The number of pyridine rings is 1. The fourth-order valence-electron chi connectivity index (χ4n) is 2.49. The van der Waals surface area contributed by atoms with Gasteiger partial charge in [-0.25, -0.2) is 9.78 Å².